The molecule has 94 valence electrons. The molecule has 0 spiro atoms. The fourth-order valence-electron chi connectivity index (χ4n) is 3.13. The van der Waals surface area contributed by atoms with Crippen LogP contribution in [-0.2, 0) is 0 Å². The van der Waals surface area contributed by atoms with Gasteiger partial charge in [0, 0.05) is 6.04 Å². The molecule has 1 heteroatoms. The molecule has 0 aromatic heterocycles. The van der Waals surface area contributed by atoms with Crippen molar-refractivity contribution in [2.45, 2.75) is 51.5 Å². The number of likely N-dealkylation sites (tertiary alicyclic amines) is 1. The first kappa shape index (κ1) is 12.6. The molecule has 1 nitrogen and oxygen atoms in total. The van der Waals surface area contributed by atoms with Crippen LogP contribution in [0.25, 0.3) is 0 Å². The van der Waals surface area contributed by atoms with Crippen LogP contribution in [0.3, 0.4) is 0 Å². The number of hydrogen-bond acceptors (Lipinski definition) is 1. The van der Waals surface area contributed by atoms with Crippen molar-refractivity contribution in [2.24, 2.45) is 0 Å². The largest absolute Gasteiger partial charge is 0.300 e. The lowest BCUT2D eigenvalue weighted by Gasteiger charge is -2.37. The monoisotopic (exact) mass is 231 g/mol. The molecule has 1 aliphatic rings. The Morgan fingerprint density at radius 3 is 2.18 bits per heavy atom. The third-order valence-electron chi connectivity index (χ3n) is 4.26. The van der Waals surface area contributed by atoms with Gasteiger partial charge in [-0.2, -0.15) is 0 Å². The van der Waals surface area contributed by atoms with Crippen molar-refractivity contribution in [3.63, 3.8) is 0 Å². The van der Waals surface area contributed by atoms with Gasteiger partial charge >= 0.3 is 0 Å². The summed E-state index contributed by atoms with van der Waals surface area (Å²) in [4.78, 5) is 2.69. The van der Waals surface area contributed by atoms with Gasteiger partial charge in [-0.05, 0) is 50.3 Å². The Labute approximate surface area is 106 Å². The molecule has 0 aliphatic carbocycles. The normalized spacial score (nSPS) is 18.8. The Morgan fingerprint density at radius 2 is 1.65 bits per heavy atom. The lowest BCUT2D eigenvalue weighted by Crippen LogP contribution is -2.40. The van der Waals surface area contributed by atoms with Crippen LogP contribution in [0.2, 0.25) is 0 Å². The number of piperidine rings is 1. The molecule has 1 aliphatic heterocycles. The smallest absolute Gasteiger partial charge is 0.00900 e. The topological polar surface area (TPSA) is 3.24 Å². The number of hydrogen-bond donors (Lipinski definition) is 0. The maximum absolute atomic E-state index is 2.69. The highest BCUT2D eigenvalue weighted by Gasteiger charge is 2.23. The molecule has 0 atom stereocenters. The van der Waals surface area contributed by atoms with E-state index in [1.54, 1.807) is 0 Å². The van der Waals surface area contributed by atoms with E-state index in [0.717, 1.165) is 12.0 Å². The Balaban J connectivity index is 1.90. The lowest BCUT2D eigenvalue weighted by molar-refractivity contribution is 0.144. The van der Waals surface area contributed by atoms with E-state index >= 15 is 0 Å². The molecule has 17 heavy (non-hydrogen) atoms. The van der Waals surface area contributed by atoms with Crippen molar-refractivity contribution in [3.8, 4) is 0 Å². The Bertz CT molecular complexity index is 308. The fourth-order valence-corrected chi connectivity index (χ4v) is 3.13. The number of rotatable bonds is 4. The summed E-state index contributed by atoms with van der Waals surface area (Å²) in [6.45, 7) is 7.20. The van der Waals surface area contributed by atoms with Crippen molar-refractivity contribution < 1.29 is 0 Å². The van der Waals surface area contributed by atoms with Crippen molar-refractivity contribution in [1.82, 2.24) is 4.90 Å². The molecule has 0 bridgehead atoms. The number of benzene rings is 1. The van der Waals surface area contributed by atoms with Crippen LogP contribution in [0, 0.1) is 0 Å². The summed E-state index contributed by atoms with van der Waals surface area (Å²) in [5, 5.41) is 0. The summed E-state index contributed by atoms with van der Waals surface area (Å²) in [5.41, 5.74) is 1.54. The van der Waals surface area contributed by atoms with Gasteiger partial charge in [-0.15, -0.1) is 0 Å². The molecule has 1 heterocycles. The maximum atomic E-state index is 2.69. The van der Waals surface area contributed by atoms with Gasteiger partial charge in [0.15, 0.2) is 0 Å². The minimum absolute atomic E-state index is 0.793. The predicted octanol–water partition coefficient (Wildman–Crippen LogP) is 4.05. The summed E-state index contributed by atoms with van der Waals surface area (Å²) in [5.74, 6) is 0.793. The second-order valence-electron chi connectivity index (χ2n) is 5.19. The van der Waals surface area contributed by atoms with E-state index in [2.05, 4.69) is 49.1 Å². The average Bonchev–Trinajstić information content (AvgIpc) is 2.42. The first-order chi connectivity index (χ1) is 8.35. The van der Waals surface area contributed by atoms with Gasteiger partial charge in [-0.1, -0.05) is 44.2 Å². The molecule has 1 saturated heterocycles. The first-order valence-electron chi connectivity index (χ1n) is 7.14. The van der Waals surface area contributed by atoms with Gasteiger partial charge in [0.1, 0.15) is 0 Å². The summed E-state index contributed by atoms with van der Waals surface area (Å²) in [6, 6.07) is 11.8. The molecule has 0 N–H and O–H groups in total. The number of nitrogens with zero attached hydrogens (tertiary/aromatic N) is 1. The van der Waals surface area contributed by atoms with E-state index < -0.39 is 0 Å². The molecule has 0 saturated carbocycles. The van der Waals surface area contributed by atoms with E-state index in [9.17, 15) is 0 Å². The van der Waals surface area contributed by atoms with E-state index in [1.165, 1.54) is 44.3 Å². The molecule has 1 aromatic carbocycles. The Kier molecular flexibility index (Phi) is 4.61. The van der Waals surface area contributed by atoms with E-state index in [1.807, 2.05) is 0 Å². The second kappa shape index (κ2) is 6.20. The van der Waals surface area contributed by atoms with Crippen LogP contribution in [0.5, 0.6) is 0 Å². The minimum atomic E-state index is 0.793. The summed E-state index contributed by atoms with van der Waals surface area (Å²) in [6.07, 6.45) is 5.26. The molecular formula is C16H25N. The van der Waals surface area contributed by atoms with Crippen LogP contribution in [0.4, 0.5) is 0 Å². The predicted molar refractivity (Wildman–Crippen MR) is 74.4 cm³/mol. The standard InChI is InChI=1S/C16H25N/c1-3-16(4-2)17-12-10-15(11-13-17)14-8-6-5-7-9-14/h5-9,15-16H,3-4,10-13H2,1-2H3. The Morgan fingerprint density at radius 1 is 1.06 bits per heavy atom. The quantitative estimate of drug-likeness (QED) is 0.755. The molecular weight excluding hydrogens is 206 g/mol. The van der Waals surface area contributed by atoms with Crippen LogP contribution in [0.15, 0.2) is 30.3 Å². The zero-order valence-electron chi connectivity index (χ0n) is 11.2. The van der Waals surface area contributed by atoms with Gasteiger partial charge in [0.2, 0.25) is 0 Å². The third kappa shape index (κ3) is 3.10. The van der Waals surface area contributed by atoms with Crippen molar-refractivity contribution in [1.29, 1.82) is 0 Å². The zero-order valence-corrected chi connectivity index (χ0v) is 11.2. The van der Waals surface area contributed by atoms with E-state index in [0.29, 0.717) is 0 Å². The zero-order chi connectivity index (χ0) is 12.1. The summed E-state index contributed by atoms with van der Waals surface area (Å²) >= 11 is 0. The first-order valence-corrected chi connectivity index (χ1v) is 7.14. The van der Waals surface area contributed by atoms with Gasteiger partial charge in [0.25, 0.3) is 0 Å². The van der Waals surface area contributed by atoms with Crippen molar-refractivity contribution in [3.05, 3.63) is 35.9 Å². The SMILES string of the molecule is CCC(CC)N1CCC(c2ccccc2)CC1. The van der Waals surface area contributed by atoms with Gasteiger partial charge in [-0.25, -0.2) is 0 Å². The van der Waals surface area contributed by atoms with Crippen LogP contribution in [-0.4, -0.2) is 24.0 Å². The van der Waals surface area contributed by atoms with E-state index in [4.69, 9.17) is 0 Å². The van der Waals surface area contributed by atoms with Gasteiger partial charge in [0.05, 0.1) is 0 Å². The highest BCUT2D eigenvalue weighted by Crippen LogP contribution is 2.29. The van der Waals surface area contributed by atoms with E-state index in [-0.39, 0.29) is 0 Å². The summed E-state index contributed by atoms with van der Waals surface area (Å²) < 4.78 is 0. The van der Waals surface area contributed by atoms with Crippen molar-refractivity contribution >= 4 is 0 Å². The maximum Gasteiger partial charge on any atom is 0.00900 e. The second-order valence-corrected chi connectivity index (χ2v) is 5.19. The highest BCUT2D eigenvalue weighted by molar-refractivity contribution is 5.20. The molecule has 0 amide bonds. The van der Waals surface area contributed by atoms with Crippen molar-refractivity contribution in [2.75, 3.05) is 13.1 Å². The van der Waals surface area contributed by atoms with Gasteiger partial charge < -0.3 is 4.90 Å². The third-order valence-corrected chi connectivity index (χ3v) is 4.26. The molecule has 1 fully saturated rings. The lowest BCUT2D eigenvalue weighted by atomic mass is 9.88. The average molecular weight is 231 g/mol. The van der Waals surface area contributed by atoms with Crippen LogP contribution in [0.1, 0.15) is 51.0 Å². The van der Waals surface area contributed by atoms with Gasteiger partial charge in [-0.3, -0.25) is 0 Å². The highest BCUT2D eigenvalue weighted by atomic mass is 15.2. The Hall–Kier alpha value is -0.820. The molecule has 2 rings (SSSR count). The van der Waals surface area contributed by atoms with Crippen LogP contribution < -0.4 is 0 Å². The summed E-state index contributed by atoms with van der Waals surface area (Å²) in [7, 11) is 0. The molecule has 1 aromatic rings. The molecule has 0 radical (unpaired) electrons. The molecule has 0 unspecified atom stereocenters. The van der Waals surface area contributed by atoms with Crippen LogP contribution >= 0.6 is 0 Å². The minimum Gasteiger partial charge on any atom is -0.300 e. The fraction of sp³-hybridized carbons (Fsp3) is 0.625.